The lowest BCUT2D eigenvalue weighted by atomic mass is 10.1. The lowest BCUT2D eigenvalue weighted by Gasteiger charge is -2.24. The molecule has 2 aromatic carbocycles. The van der Waals surface area contributed by atoms with E-state index in [2.05, 4.69) is 39.5 Å². The average Bonchev–Trinajstić information content (AvgIpc) is 3.35. The fraction of sp³-hybridized carbons (Fsp3) is 0.517. The van der Waals surface area contributed by atoms with E-state index in [1.165, 1.54) is 6.42 Å². The second-order valence-corrected chi connectivity index (χ2v) is 9.85. The molecule has 194 valence electrons. The Balaban J connectivity index is 1.50. The van der Waals surface area contributed by atoms with E-state index in [0.717, 1.165) is 55.6 Å². The molecule has 1 fully saturated rings. The molecule has 7 nitrogen and oxygen atoms in total. The normalized spacial score (nSPS) is 20.2. The summed E-state index contributed by atoms with van der Waals surface area (Å²) in [6.07, 6.45) is 5.15. The van der Waals surface area contributed by atoms with Crippen LogP contribution in [0, 0.1) is 0 Å². The number of nitrogens with zero attached hydrogens (tertiary/aromatic N) is 2. The summed E-state index contributed by atoms with van der Waals surface area (Å²) in [7, 11) is 0. The lowest BCUT2D eigenvalue weighted by molar-refractivity contribution is -0.122. The minimum Gasteiger partial charge on any atom is -0.493 e. The van der Waals surface area contributed by atoms with Gasteiger partial charge < -0.3 is 15.4 Å². The summed E-state index contributed by atoms with van der Waals surface area (Å²) in [5, 5.41) is 6.19. The van der Waals surface area contributed by atoms with Crippen molar-refractivity contribution < 1.29 is 14.3 Å². The molecule has 0 aliphatic carbocycles. The zero-order valence-corrected chi connectivity index (χ0v) is 21.5. The van der Waals surface area contributed by atoms with Crippen LogP contribution in [0.5, 0.6) is 5.75 Å². The maximum absolute atomic E-state index is 13.0. The quantitative estimate of drug-likeness (QED) is 0.645. The van der Waals surface area contributed by atoms with Crippen molar-refractivity contribution in [2.75, 3.05) is 39.3 Å². The van der Waals surface area contributed by atoms with Crippen molar-refractivity contribution in [1.29, 1.82) is 0 Å². The summed E-state index contributed by atoms with van der Waals surface area (Å²) in [4.78, 5) is 30.2. The van der Waals surface area contributed by atoms with Gasteiger partial charge in [0.1, 0.15) is 5.75 Å². The van der Waals surface area contributed by atoms with E-state index in [-0.39, 0.29) is 11.8 Å². The lowest BCUT2D eigenvalue weighted by Crippen LogP contribution is -2.40. The molecule has 2 heterocycles. The van der Waals surface area contributed by atoms with Gasteiger partial charge in [-0.05, 0) is 62.9 Å². The van der Waals surface area contributed by atoms with Crippen LogP contribution in [0.4, 0.5) is 0 Å². The third-order valence-electron chi connectivity index (χ3n) is 7.14. The van der Waals surface area contributed by atoms with Crippen LogP contribution in [-0.2, 0) is 17.9 Å². The molecule has 0 radical (unpaired) electrons. The number of ether oxygens (including phenoxy) is 1. The van der Waals surface area contributed by atoms with Gasteiger partial charge in [-0.3, -0.25) is 19.4 Å². The number of benzene rings is 2. The number of carbonyl (C=O) groups excluding carboxylic acids is 2. The zero-order valence-electron chi connectivity index (χ0n) is 21.5. The highest BCUT2D eigenvalue weighted by Crippen LogP contribution is 2.24. The minimum atomic E-state index is -0.0622. The van der Waals surface area contributed by atoms with Crippen molar-refractivity contribution in [2.45, 2.75) is 58.2 Å². The summed E-state index contributed by atoms with van der Waals surface area (Å²) in [5.74, 6) is 0.709. The van der Waals surface area contributed by atoms with Crippen molar-refractivity contribution >= 4 is 11.8 Å². The molecule has 0 aromatic heterocycles. The standard InChI is InChI=1S/C29H40N4O3/c1-2-33-16-9-12-26(33)19-31-29(35)24-13-14-25-21-32(20-23-10-5-3-6-11-23)22-28(34)30-15-7-4-8-17-36-27(25)18-24/h3,5-6,10-11,13-14,18,26H,2,4,7-9,12,15-17,19-22H2,1H3,(H,30,34)(H,31,35). The zero-order chi connectivity index (χ0) is 25.2. The monoisotopic (exact) mass is 492 g/mol. The van der Waals surface area contributed by atoms with Crippen molar-refractivity contribution in [3.8, 4) is 5.75 Å². The number of carbonyl (C=O) groups is 2. The molecule has 0 bridgehead atoms. The van der Waals surface area contributed by atoms with Crippen molar-refractivity contribution in [3.05, 3.63) is 65.2 Å². The van der Waals surface area contributed by atoms with E-state index in [4.69, 9.17) is 4.74 Å². The van der Waals surface area contributed by atoms with Crippen molar-refractivity contribution in [1.82, 2.24) is 20.4 Å². The molecule has 0 spiro atoms. The molecule has 2 N–H and O–H groups in total. The molecule has 1 unspecified atom stereocenters. The first-order valence-corrected chi connectivity index (χ1v) is 13.4. The van der Waals surface area contributed by atoms with Gasteiger partial charge in [0.2, 0.25) is 5.91 Å². The Hall–Kier alpha value is -2.90. The van der Waals surface area contributed by atoms with E-state index in [9.17, 15) is 9.59 Å². The number of likely N-dealkylation sites (tertiary alicyclic amines) is 1. The second-order valence-electron chi connectivity index (χ2n) is 9.85. The van der Waals surface area contributed by atoms with Gasteiger partial charge >= 0.3 is 0 Å². The molecular formula is C29H40N4O3. The van der Waals surface area contributed by atoms with Gasteiger partial charge in [0.15, 0.2) is 0 Å². The molecule has 2 aliphatic heterocycles. The Morgan fingerprint density at radius 2 is 1.94 bits per heavy atom. The van der Waals surface area contributed by atoms with E-state index < -0.39 is 0 Å². The number of hydrogen-bond acceptors (Lipinski definition) is 5. The third-order valence-corrected chi connectivity index (χ3v) is 7.14. The van der Waals surface area contributed by atoms with Gasteiger partial charge in [-0.15, -0.1) is 0 Å². The minimum absolute atomic E-state index is 0.0386. The van der Waals surface area contributed by atoms with Crippen molar-refractivity contribution in [3.63, 3.8) is 0 Å². The number of amides is 2. The summed E-state index contributed by atoms with van der Waals surface area (Å²) in [6, 6.07) is 16.3. The van der Waals surface area contributed by atoms with Gasteiger partial charge in [0.05, 0.1) is 13.2 Å². The number of rotatable bonds is 6. The Kier molecular flexibility index (Phi) is 9.76. The van der Waals surface area contributed by atoms with Gasteiger partial charge in [0, 0.05) is 43.3 Å². The SMILES string of the molecule is CCN1CCCC1CNC(=O)c1ccc2c(c1)OCCCCCNC(=O)CN(Cc1ccccc1)C2. The average molecular weight is 493 g/mol. The number of likely N-dealkylation sites (N-methyl/N-ethyl adjacent to an activating group) is 1. The van der Waals surface area contributed by atoms with E-state index in [1.807, 2.05) is 36.4 Å². The molecule has 0 saturated carbocycles. The van der Waals surface area contributed by atoms with Crippen molar-refractivity contribution in [2.24, 2.45) is 0 Å². The Bertz CT molecular complexity index is 997. The fourth-order valence-electron chi connectivity index (χ4n) is 5.14. The first kappa shape index (κ1) is 26.2. The predicted octanol–water partition coefficient (Wildman–Crippen LogP) is 3.58. The molecule has 2 aromatic rings. The molecule has 4 rings (SSSR count). The molecular weight excluding hydrogens is 452 g/mol. The van der Waals surface area contributed by atoms with Crippen LogP contribution in [0.15, 0.2) is 48.5 Å². The molecule has 2 amide bonds. The molecule has 1 saturated heterocycles. The highest BCUT2D eigenvalue weighted by Gasteiger charge is 2.24. The van der Waals surface area contributed by atoms with Crippen LogP contribution in [0.2, 0.25) is 0 Å². The van der Waals surface area contributed by atoms with Gasteiger partial charge in [-0.1, -0.05) is 43.3 Å². The van der Waals surface area contributed by atoms with Gasteiger partial charge in [0.25, 0.3) is 5.91 Å². The molecule has 36 heavy (non-hydrogen) atoms. The summed E-state index contributed by atoms with van der Waals surface area (Å²) >= 11 is 0. The topological polar surface area (TPSA) is 73.9 Å². The first-order valence-electron chi connectivity index (χ1n) is 13.4. The van der Waals surface area contributed by atoms with E-state index >= 15 is 0 Å². The van der Waals surface area contributed by atoms with Gasteiger partial charge in [-0.2, -0.15) is 0 Å². The molecule has 7 heteroatoms. The maximum Gasteiger partial charge on any atom is 0.251 e. The number of hydrogen-bond donors (Lipinski definition) is 2. The van der Waals surface area contributed by atoms with Crippen LogP contribution < -0.4 is 15.4 Å². The summed E-state index contributed by atoms with van der Waals surface area (Å²) in [6.45, 7) is 7.79. The summed E-state index contributed by atoms with van der Waals surface area (Å²) in [5.41, 5.74) is 2.76. The van der Waals surface area contributed by atoms with Crippen LogP contribution in [0.1, 0.15) is 60.5 Å². The maximum atomic E-state index is 13.0. The predicted molar refractivity (Wildman–Crippen MR) is 142 cm³/mol. The van der Waals surface area contributed by atoms with Crippen LogP contribution >= 0.6 is 0 Å². The van der Waals surface area contributed by atoms with Crippen LogP contribution in [0.25, 0.3) is 0 Å². The van der Waals surface area contributed by atoms with E-state index in [0.29, 0.717) is 50.9 Å². The Morgan fingerprint density at radius 1 is 1.08 bits per heavy atom. The highest BCUT2D eigenvalue weighted by atomic mass is 16.5. The third kappa shape index (κ3) is 7.55. The van der Waals surface area contributed by atoms with Crippen LogP contribution in [-0.4, -0.2) is 67.0 Å². The number of fused-ring (bicyclic) bond motifs is 1. The smallest absolute Gasteiger partial charge is 0.251 e. The Morgan fingerprint density at radius 3 is 2.78 bits per heavy atom. The fourth-order valence-corrected chi connectivity index (χ4v) is 5.14. The second kappa shape index (κ2) is 13.4. The molecule has 2 aliphatic rings. The van der Waals surface area contributed by atoms with Gasteiger partial charge in [-0.25, -0.2) is 0 Å². The first-order chi connectivity index (χ1) is 17.6. The molecule has 1 atom stereocenters. The largest absolute Gasteiger partial charge is 0.493 e. The van der Waals surface area contributed by atoms with E-state index in [1.54, 1.807) is 0 Å². The Labute approximate surface area is 215 Å². The van der Waals surface area contributed by atoms with Crippen LogP contribution in [0.3, 0.4) is 0 Å². The highest BCUT2D eigenvalue weighted by molar-refractivity contribution is 5.94. The summed E-state index contributed by atoms with van der Waals surface area (Å²) < 4.78 is 6.21. The number of nitrogens with one attached hydrogen (secondary N) is 2.